The minimum Gasteiger partial charge on any atom is -0.479 e. The second-order valence-electron chi connectivity index (χ2n) is 9.09. The second-order valence-corrected chi connectivity index (χ2v) is 10.1. The molecular weight excluding hydrogens is 563 g/mol. The fraction of sp³-hybridized carbons (Fsp3) is 0.286. The molecule has 9 nitrogen and oxygen atoms in total. The van der Waals surface area contributed by atoms with Crippen LogP contribution in [0.4, 0.5) is 13.2 Å². The molecule has 0 aliphatic heterocycles. The minimum atomic E-state index is -4.81. The Labute approximate surface area is 237 Å². The van der Waals surface area contributed by atoms with Gasteiger partial charge in [-0.1, -0.05) is 0 Å². The van der Waals surface area contributed by atoms with Crippen LogP contribution in [0.2, 0.25) is 0 Å². The molecule has 0 spiro atoms. The van der Waals surface area contributed by atoms with E-state index in [1.165, 1.54) is 55.3 Å². The summed E-state index contributed by atoms with van der Waals surface area (Å²) in [5.74, 6) is 0.0134. The van der Waals surface area contributed by atoms with Gasteiger partial charge in [0.05, 0.1) is 11.9 Å². The summed E-state index contributed by atoms with van der Waals surface area (Å²) in [7, 11) is 0. The number of nitrogens with zero attached hydrogens (tertiary/aromatic N) is 3. The number of halogens is 3. The molecule has 0 fully saturated rings. The minimum absolute atomic E-state index is 0.117. The van der Waals surface area contributed by atoms with E-state index in [1.807, 2.05) is 26.8 Å². The van der Waals surface area contributed by atoms with E-state index >= 15 is 0 Å². The van der Waals surface area contributed by atoms with Crippen LogP contribution in [0.15, 0.2) is 64.2 Å². The normalized spacial score (nSPS) is 12.3. The SMILES string of the molecule is Cc1cc(OC(C)C(=O)O)ccc1SCc1nc(-c2cnc(OC(C)C)nc2)c(-c2ccc(OC(F)(F)F)cc2)o1. The number of benzene rings is 2. The maximum atomic E-state index is 12.6. The van der Waals surface area contributed by atoms with Gasteiger partial charge in [0.1, 0.15) is 17.2 Å². The topological polar surface area (TPSA) is 117 Å². The second kappa shape index (κ2) is 12.5. The van der Waals surface area contributed by atoms with Gasteiger partial charge in [0.2, 0.25) is 5.89 Å². The third-order valence-electron chi connectivity index (χ3n) is 5.42. The Balaban J connectivity index is 1.60. The number of hydrogen-bond acceptors (Lipinski definition) is 9. The lowest BCUT2D eigenvalue weighted by atomic mass is 10.1. The van der Waals surface area contributed by atoms with Crippen molar-refractivity contribution in [3.63, 3.8) is 0 Å². The summed E-state index contributed by atoms with van der Waals surface area (Å²) in [6, 6.07) is 10.7. The molecular formula is C28H26F3N3O6S. The molecule has 216 valence electrons. The summed E-state index contributed by atoms with van der Waals surface area (Å²) in [4.78, 5) is 25.1. The lowest BCUT2D eigenvalue weighted by Gasteiger charge is -2.12. The Morgan fingerprint density at radius 1 is 1.00 bits per heavy atom. The number of ether oxygens (including phenoxy) is 3. The molecule has 4 rings (SSSR count). The highest BCUT2D eigenvalue weighted by Gasteiger charge is 2.31. The Hall–Kier alpha value is -4.26. The molecule has 0 saturated carbocycles. The highest BCUT2D eigenvalue weighted by molar-refractivity contribution is 7.98. The van der Waals surface area contributed by atoms with Crippen molar-refractivity contribution >= 4 is 17.7 Å². The standard InChI is InChI=1S/C28H26F3N3O6S/c1-15(2)37-27-32-12-19(13-33-27)24-25(18-5-7-20(8-6-18)40-28(29,30)31)39-23(34-24)14-41-22-10-9-21(11-16(22)3)38-17(4)26(35)36/h5-13,15,17H,14H2,1-4H3,(H,35,36). The van der Waals surface area contributed by atoms with E-state index in [0.29, 0.717) is 40.0 Å². The maximum Gasteiger partial charge on any atom is 0.573 e. The Bertz CT molecular complexity index is 1490. The predicted molar refractivity (Wildman–Crippen MR) is 144 cm³/mol. The average molecular weight is 590 g/mol. The number of oxazole rings is 1. The number of carbonyl (C=O) groups is 1. The number of thioether (sulfide) groups is 1. The van der Waals surface area contributed by atoms with Crippen LogP contribution in [-0.2, 0) is 10.5 Å². The van der Waals surface area contributed by atoms with Crippen LogP contribution in [0.1, 0.15) is 32.2 Å². The van der Waals surface area contributed by atoms with Crippen molar-refractivity contribution in [2.75, 3.05) is 0 Å². The molecule has 41 heavy (non-hydrogen) atoms. The number of hydrogen-bond donors (Lipinski definition) is 1. The Kier molecular flexibility index (Phi) is 9.06. The number of carboxylic acids is 1. The van der Waals surface area contributed by atoms with Gasteiger partial charge in [-0.15, -0.1) is 24.9 Å². The molecule has 0 amide bonds. The van der Waals surface area contributed by atoms with Crippen molar-refractivity contribution in [1.82, 2.24) is 15.0 Å². The van der Waals surface area contributed by atoms with E-state index in [1.54, 1.807) is 12.1 Å². The summed E-state index contributed by atoms with van der Waals surface area (Å²) < 4.78 is 58.8. The Morgan fingerprint density at radius 2 is 1.66 bits per heavy atom. The van der Waals surface area contributed by atoms with Gasteiger partial charge in [-0.2, -0.15) is 0 Å². The fourth-order valence-electron chi connectivity index (χ4n) is 3.59. The summed E-state index contributed by atoms with van der Waals surface area (Å²) in [5, 5.41) is 9.06. The van der Waals surface area contributed by atoms with Gasteiger partial charge in [0, 0.05) is 28.4 Å². The third-order valence-corrected chi connectivity index (χ3v) is 6.58. The van der Waals surface area contributed by atoms with E-state index in [0.717, 1.165) is 10.5 Å². The zero-order valence-corrected chi connectivity index (χ0v) is 23.2. The van der Waals surface area contributed by atoms with Gasteiger partial charge >= 0.3 is 18.3 Å². The van der Waals surface area contributed by atoms with Gasteiger partial charge in [-0.3, -0.25) is 0 Å². The van der Waals surface area contributed by atoms with Crippen LogP contribution in [-0.4, -0.2) is 44.6 Å². The molecule has 2 heterocycles. The number of aryl methyl sites for hydroxylation is 1. The number of carboxylic acid groups (broad SMARTS) is 1. The first-order chi connectivity index (χ1) is 19.4. The van der Waals surface area contributed by atoms with Crippen LogP contribution in [0, 0.1) is 6.92 Å². The van der Waals surface area contributed by atoms with Crippen molar-refractivity contribution in [1.29, 1.82) is 0 Å². The first-order valence-corrected chi connectivity index (χ1v) is 13.3. The molecule has 0 radical (unpaired) electrons. The molecule has 0 bridgehead atoms. The molecule has 1 atom stereocenters. The van der Waals surface area contributed by atoms with E-state index in [9.17, 15) is 18.0 Å². The fourth-order valence-corrected chi connectivity index (χ4v) is 4.44. The van der Waals surface area contributed by atoms with E-state index < -0.39 is 18.4 Å². The Morgan fingerprint density at radius 3 is 2.24 bits per heavy atom. The molecule has 0 aliphatic rings. The van der Waals surface area contributed by atoms with Gasteiger partial charge in [-0.25, -0.2) is 19.7 Å². The monoisotopic (exact) mass is 589 g/mol. The van der Waals surface area contributed by atoms with Crippen LogP contribution in [0.5, 0.6) is 17.5 Å². The quantitative estimate of drug-likeness (QED) is 0.184. The van der Waals surface area contributed by atoms with Crippen molar-refractivity contribution in [2.45, 2.75) is 56.9 Å². The number of aromatic nitrogens is 3. The van der Waals surface area contributed by atoms with Gasteiger partial charge < -0.3 is 23.7 Å². The van der Waals surface area contributed by atoms with Crippen LogP contribution >= 0.6 is 11.8 Å². The van der Waals surface area contributed by atoms with E-state index in [-0.39, 0.29) is 17.9 Å². The lowest BCUT2D eigenvalue weighted by molar-refractivity contribution is -0.274. The van der Waals surface area contributed by atoms with Gasteiger partial charge in [-0.05, 0) is 75.7 Å². The van der Waals surface area contributed by atoms with Gasteiger partial charge in [0.15, 0.2) is 11.9 Å². The van der Waals surface area contributed by atoms with Crippen LogP contribution in [0.3, 0.4) is 0 Å². The van der Waals surface area contributed by atoms with Crippen molar-refractivity contribution in [3.8, 4) is 40.1 Å². The average Bonchev–Trinajstić information content (AvgIpc) is 3.32. The summed E-state index contributed by atoms with van der Waals surface area (Å²) in [6.45, 7) is 7.02. The summed E-state index contributed by atoms with van der Waals surface area (Å²) in [5.41, 5.74) is 2.28. The van der Waals surface area contributed by atoms with Gasteiger partial charge in [0.25, 0.3) is 0 Å². The van der Waals surface area contributed by atoms with Crippen LogP contribution < -0.4 is 14.2 Å². The van der Waals surface area contributed by atoms with Crippen molar-refractivity contribution in [3.05, 3.63) is 66.3 Å². The molecule has 2 aromatic carbocycles. The molecule has 1 unspecified atom stereocenters. The number of alkyl halides is 3. The number of aliphatic carboxylic acids is 1. The summed E-state index contributed by atoms with van der Waals surface area (Å²) in [6.07, 6.45) is -2.84. The summed E-state index contributed by atoms with van der Waals surface area (Å²) >= 11 is 1.44. The smallest absolute Gasteiger partial charge is 0.479 e. The number of rotatable bonds is 11. The molecule has 2 aromatic heterocycles. The molecule has 4 aromatic rings. The third kappa shape index (κ3) is 8.13. The zero-order valence-electron chi connectivity index (χ0n) is 22.4. The first kappa shape index (κ1) is 29.7. The van der Waals surface area contributed by atoms with Crippen molar-refractivity contribution < 1.29 is 41.7 Å². The largest absolute Gasteiger partial charge is 0.573 e. The predicted octanol–water partition coefficient (Wildman–Crippen LogP) is 6.94. The molecule has 0 saturated heterocycles. The molecule has 1 N–H and O–H groups in total. The highest BCUT2D eigenvalue weighted by atomic mass is 32.2. The van der Waals surface area contributed by atoms with Crippen molar-refractivity contribution in [2.24, 2.45) is 0 Å². The first-order valence-electron chi connectivity index (χ1n) is 12.4. The van der Waals surface area contributed by atoms with E-state index in [2.05, 4.69) is 19.7 Å². The van der Waals surface area contributed by atoms with E-state index in [4.69, 9.17) is 19.0 Å². The molecule has 13 heteroatoms. The highest BCUT2D eigenvalue weighted by Crippen LogP contribution is 2.36. The van der Waals surface area contributed by atoms with Crippen LogP contribution in [0.25, 0.3) is 22.6 Å². The molecule has 0 aliphatic carbocycles. The lowest BCUT2D eigenvalue weighted by Crippen LogP contribution is -2.22. The maximum absolute atomic E-state index is 12.6. The zero-order chi connectivity index (χ0) is 29.7.